The van der Waals surface area contributed by atoms with Crippen molar-refractivity contribution in [2.45, 2.75) is 25.8 Å². The molecule has 0 aliphatic carbocycles. The number of carboxylic acid groups (broad SMARTS) is 1. The van der Waals surface area contributed by atoms with Crippen molar-refractivity contribution in [3.05, 3.63) is 29.8 Å². The topological polar surface area (TPSA) is 93.4 Å². The van der Waals surface area contributed by atoms with Gasteiger partial charge in [-0.05, 0) is 18.6 Å². The molecule has 0 spiro atoms. The van der Waals surface area contributed by atoms with Crippen molar-refractivity contribution in [3.8, 4) is 6.07 Å². The third kappa shape index (κ3) is 3.99. The average Bonchev–Trinajstić information content (AvgIpc) is 2.45. The van der Waals surface area contributed by atoms with Gasteiger partial charge in [0.25, 0.3) is 0 Å². The van der Waals surface area contributed by atoms with Crippen LogP contribution in [0.5, 0.6) is 0 Å². The highest BCUT2D eigenvalue weighted by Crippen LogP contribution is 2.18. The molecule has 0 radical (unpaired) electrons. The van der Waals surface area contributed by atoms with Crippen molar-refractivity contribution >= 4 is 17.7 Å². The Balaban J connectivity index is 2.81. The Morgan fingerprint density at radius 2 is 2.10 bits per heavy atom. The number of carbonyl (C=O) groups is 2. The van der Waals surface area contributed by atoms with Crippen LogP contribution in [0.2, 0.25) is 0 Å². The number of aliphatic carboxylic acids is 1. The molecule has 0 saturated carbocycles. The standard InChI is InChI=1S/C14H17N3O3/c1-3-11(8-13(18)19)16-14(20)17(2)12-7-5-4-6-10(12)9-15/h4-7,11H,3,8H2,1-2H3,(H,16,20)(H,18,19). The van der Waals surface area contributed by atoms with E-state index < -0.39 is 18.0 Å². The van der Waals surface area contributed by atoms with Crippen molar-refractivity contribution in [1.29, 1.82) is 5.26 Å². The van der Waals surface area contributed by atoms with Gasteiger partial charge in [0.1, 0.15) is 6.07 Å². The molecule has 0 aliphatic rings. The van der Waals surface area contributed by atoms with E-state index in [1.165, 1.54) is 4.90 Å². The van der Waals surface area contributed by atoms with E-state index in [0.29, 0.717) is 17.7 Å². The smallest absolute Gasteiger partial charge is 0.321 e. The van der Waals surface area contributed by atoms with Crippen LogP contribution < -0.4 is 10.2 Å². The predicted octanol–water partition coefficient (Wildman–Crippen LogP) is 1.96. The number of hydrogen-bond donors (Lipinski definition) is 2. The number of carbonyl (C=O) groups excluding carboxylic acids is 1. The molecule has 0 heterocycles. The van der Waals surface area contributed by atoms with Crippen LogP contribution in [0.25, 0.3) is 0 Å². The van der Waals surface area contributed by atoms with Crippen LogP contribution >= 0.6 is 0 Å². The number of nitrogens with one attached hydrogen (secondary N) is 1. The summed E-state index contributed by atoms with van der Waals surface area (Å²) in [5, 5.41) is 20.4. The molecule has 0 bridgehead atoms. The van der Waals surface area contributed by atoms with Gasteiger partial charge < -0.3 is 10.4 Å². The van der Waals surface area contributed by atoms with Crippen molar-refractivity contribution in [3.63, 3.8) is 0 Å². The fraction of sp³-hybridized carbons (Fsp3) is 0.357. The van der Waals surface area contributed by atoms with E-state index in [1.54, 1.807) is 38.2 Å². The normalized spacial score (nSPS) is 11.2. The first-order chi connectivity index (χ1) is 9.49. The van der Waals surface area contributed by atoms with Crippen LogP contribution in [0.1, 0.15) is 25.3 Å². The third-order valence-corrected chi connectivity index (χ3v) is 2.93. The lowest BCUT2D eigenvalue weighted by atomic mass is 10.1. The Bertz CT molecular complexity index is 537. The van der Waals surface area contributed by atoms with Gasteiger partial charge >= 0.3 is 12.0 Å². The minimum absolute atomic E-state index is 0.129. The number of benzene rings is 1. The van der Waals surface area contributed by atoms with Crippen LogP contribution in [0.15, 0.2) is 24.3 Å². The molecule has 0 saturated heterocycles. The van der Waals surface area contributed by atoms with E-state index in [0.717, 1.165) is 0 Å². The van der Waals surface area contributed by atoms with Gasteiger partial charge in [-0.1, -0.05) is 19.1 Å². The Morgan fingerprint density at radius 1 is 1.45 bits per heavy atom. The number of hydrogen-bond acceptors (Lipinski definition) is 3. The van der Waals surface area contributed by atoms with Crippen molar-refractivity contribution in [1.82, 2.24) is 5.32 Å². The van der Waals surface area contributed by atoms with Gasteiger partial charge in [-0.3, -0.25) is 9.69 Å². The molecule has 2 amide bonds. The van der Waals surface area contributed by atoms with Crippen molar-refractivity contribution in [2.75, 3.05) is 11.9 Å². The zero-order chi connectivity index (χ0) is 15.1. The summed E-state index contributed by atoms with van der Waals surface area (Å²) >= 11 is 0. The summed E-state index contributed by atoms with van der Waals surface area (Å²) in [5.41, 5.74) is 0.870. The van der Waals surface area contributed by atoms with E-state index in [-0.39, 0.29) is 6.42 Å². The molecule has 1 rings (SSSR count). The number of para-hydroxylation sites is 1. The first kappa shape index (κ1) is 15.5. The number of urea groups is 1. The molecule has 6 heteroatoms. The second-order valence-corrected chi connectivity index (χ2v) is 4.34. The fourth-order valence-corrected chi connectivity index (χ4v) is 1.75. The lowest BCUT2D eigenvalue weighted by Gasteiger charge is -2.22. The average molecular weight is 275 g/mol. The molecule has 0 aromatic heterocycles. The van der Waals surface area contributed by atoms with Gasteiger partial charge in [-0.15, -0.1) is 0 Å². The molecule has 0 fully saturated rings. The minimum atomic E-state index is -0.961. The molecular weight excluding hydrogens is 258 g/mol. The van der Waals surface area contributed by atoms with E-state index in [4.69, 9.17) is 10.4 Å². The molecular formula is C14H17N3O3. The maximum Gasteiger partial charge on any atom is 0.321 e. The Morgan fingerprint density at radius 3 is 2.65 bits per heavy atom. The summed E-state index contributed by atoms with van der Waals surface area (Å²) in [5.74, 6) is -0.961. The predicted molar refractivity (Wildman–Crippen MR) is 74.4 cm³/mol. The lowest BCUT2D eigenvalue weighted by Crippen LogP contribution is -2.44. The number of rotatable bonds is 5. The molecule has 20 heavy (non-hydrogen) atoms. The second kappa shape index (κ2) is 7.14. The van der Waals surface area contributed by atoms with Crippen molar-refractivity contribution in [2.24, 2.45) is 0 Å². The number of carboxylic acids is 1. The zero-order valence-electron chi connectivity index (χ0n) is 11.5. The number of nitrogens with zero attached hydrogens (tertiary/aromatic N) is 2. The summed E-state index contributed by atoms with van der Waals surface area (Å²) in [6.45, 7) is 1.80. The maximum absolute atomic E-state index is 12.1. The first-order valence-corrected chi connectivity index (χ1v) is 6.24. The summed E-state index contributed by atoms with van der Waals surface area (Å²) in [4.78, 5) is 24.1. The van der Waals surface area contributed by atoms with Gasteiger partial charge in [-0.25, -0.2) is 4.79 Å². The quantitative estimate of drug-likeness (QED) is 0.858. The molecule has 1 aromatic carbocycles. The van der Waals surface area contributed by atoms with Crippen LogP contribution in [-0.4, -0.2) is 30.2 Å². The highest BCUT2D eigenvalue weighted by Gasteiger charge is 2.19. The van der Waals surface area contributed by atoms with Crippen molar-refractivity contribution < 1.29 is 14.7 Å². The van der Waals surface area contributed by atoms with Gasteiger partial charge in [0.15, 0.2) is 0 Å². The third-order valence-electron chi connectivity index (χ3n) is 2.93. The Hall–Kier alpha value is -2.55. The summed E-state index contributed by atoms with van der Waals surface area (Å²) in [6.07, 6.45) is 0.391. The van der Waals surface area contributed by atoms with Crippen LogP contribution in [0.3, 0.4) is 0 Å². The highest BCUT2D eigenvalue weighted by atomic mass is 16.4. The van der Waals surface area contributed by atoms with E-state index in [2.05, 4.69) is 5.32 Å². The first-order valence-electron chi connectivity index (χ1n) is 6.24. The Labute approximate surface area is 117 Å². The summed E-state index contributed by atoms with van der Waals surface area (Å²) in [6, 6.07) is 7.88. The largest absolute Gasteiger partial charge is 0.481 e. The second-order valence-electron chi connectivity index (χ2n) is 4.34. The van der Waals surface area contributed by atoms with Gasteiger partial charge in [0, 0.05) is 13.1 Å². The summed E-state index contributed by atoms with van der Waals surface area (Å²) in [7, 11) is 1.54. The van der Waals surface area contributed by atoms with Gasteiger partial charge in [0.2, 0.25) is 0 Å². The number of amides is 2. The van der Waals surface area contributed by atoms with Crippen LogP contribution in [0, 0.1) is 11.3 Å². The number of anilines is 1. The monoisotopic (exact) mass is 275 g/mol. The van der Waals surface area contributed by atoms with Crippen LogP contribution in [-0.2, 0) is 4.79 Å². The van der Waals surface area contributed by atoms with Gasteiger partial charge in [-0.2, -0.15) is 5.26 Å². The summed E-state index contributed by atoms with van der Waals surface area (Å²) < 4.78 is 0. The lowest BCUT2D eigenvalue weighted by molar-refractivity contribution is -0.137. The van der Waals surface area contributed by atoms with E-state index in [9.17, 15) is 9.59 Å². The molecule has 0 aliphatic heterocycles. The molecule has 1 atom stereocenters. The molecule has 6 nitrogen and oxygen atoms in total. The molecule has 2 N–H and O–H groups in total. The minimum Gasteiger partial charge on any atom is -0.481 e. The van der Waals surface area contributed by atoms with Gasteiger partial charge in [0.05, 0.1) is 17.7 Å². The SMILES string of the molecule is CCC(CC(=O)O)NC(=O)N(C)c1ccccc1C#N. The zero-order valence-corrected chi connectivity index (χ0v) is 11.5. The Kier molecular flexibility index (Phi) is 5.54. The maximum atomic E-state index is 12.1. The molecule has 106 valence electrons. The molecule has 1 aromatic rings. The van der Waals surface area contributed by atoms with E-state index in [1.807, 2.05) is 6.07 Å². The highest BCUT2D eigenvalue weighted by molar-refractivity contribution is 5.93. The fourth-order valence-electron chi connectivity index (χ4n) is 1.75. The molecule has 1 unspecified atom stereocenters. The van der Waals surface area contributed by atoms with E-state index >= 15 is 0 Å². The number of nitriles is 1. The van der Waals surface area contributed by atoms with Crippen LogP contribution in [0.4, 0.5) is 10.5 Å².